The van der Waals surface area contributed by atoms with Crippen molar-refractivity contribution in [2.24, 2.45) is 5.73 Å². The Balaban J connectivity index is 3.18. The van der Waals surface area contributed by atoms with Crippen molar-refractivity contribution in [3.8, 4) is 5.88 Å². The lowest BCUT2D eigenvalue weighted by molar-refractivity contribution is -0.386. The Labute approximate surface area is 80.6 Å². The van der Waals surface area contributed by atoms with Crippen LogP contribution >= 0.6 is 0 Å². The second-order valence-electron chi connectivity index (χ2n) is 2.71. The average molecular weight is 200 g/mol. The van der Waals surface area contributed by atoms with Gasteiger partial charge in [-0.1, -0.05) is 0 Å². The van der Waals surface area contributed by atoms with Gasteiger partial charge in [0.1, 0.15) is 5.69 Å². The third kappa shape index (κ3) is 1.67. The van der Waals surface area contributed by atoms with Crippen LogP contribution in [0.1, 0.15) is 5.69 Å². The van der Waals surface area contributed by atoms with Crippen molar-refractivity contribution in [2.45, 2.75) is 13.5 Å². The van der Waals surface area contributed by atoms with Crippen LogP contribution in [0, 0.1) is 17.0 Å². The number of hydrogen-bond acceptors (Lipinski definition) is 5. The second kappa shape index (κ2) is 4.05. The van der Waals surface area contributed by atoms with E-state index < -0.39 is 4.92 Å². The maximum atomic E-state index is 10.7. The molecule has 0 aliphatic heterocycles. The molecule has 78 valence electrons. The molecule has 0 saturated carbocycles. The van der Waals surface area contributed by atoms with E-state index in [9.17, 15) is 10.1 Å². The van der Waals surface area contributed by atoms with Gasteiger partial charge in [0.15, 0.2) is 0 Å². The molecule has 1 aromatic rings. The van der Waals surface area contributed by atoms with E-state index in [4.69, 9.17) is 10.5 Å². The second-order valence-corrected chi connectivity index (χ2v) is 2.71. The molecule has 7 nitrogen and oxygen atoms in total. The minimum Gasteiger partial charge on any atom is -0.475 e. The van der Waals surface area contributed by atoms with Gasteiger partial charge in [-0.2, -0.15) is 0 Å². The number of nitro groups is 1. The van der Waals surface area contributed by atoms with Crippen LogP contribution < -0.4 is 10.5 Å². The normalized spacial score (nSPS) is 10.2. The Hall–Kier alpha value is -1.63. The van der Waals surface area contributed by atoms with Crippen LogP contribution in [0.3, 0.4) is 0 Å². The Bertz CT molecular complexity index is 347. The number of methoxy groups -OCH3 is 1. The monoisotopic (exact) mass is 200 g/mol. The fourth-order valence-electron chi connectivity index (χ4n) is 1.20. The molecule has 0 aliphatic rings. The summed E-state index contributed by atoms with van der Waals surface area (Å²) in [5, 5.41) is 14.6. The predicted octanol–water partition coefficient (Wildman–Crippen LogP) is 0.0670. The molecule has 1 rings (SSSR count). The number of aromatic nitrogens is 2. The Morgan fingerprint density at radius 3 is 2.71 bits per heavy atom. The van der Waals surface area contributed by atoms with E-state index in [0.29, 0.717) is 18.8 Å². The van der Waals surface area contributed by atoms with Gasteiger partial charge in [0.25, 0.3) is 0 Å². The Morgan fingerprint density at radius 2 is 2.36 bits per heavy atom. The molecule has 1 heterocycles. The van der Waals surface area contributed by atoms with E-state index in [1.165, 1.54) is 11.8 Å². The van der Waals surface area contributed by atoms with Crippen molar-refractivity contribution in [3.05, 3.63) is 15.8 Å². The van der Waals surface area contributed by atoms with Gasteiger partial charge in [-0.25, -0.2) is 0 Å². The fourth-order valence-corrected chi connectivity index (χ4v) is 1.20. The molecule has 0 unspecified atom stereocenters. The van der Waals surface area contributed by atoms with E-state index in [2.05, 4.69) is 5.10 Å². The van der Waals surface area contributed by atoms with Crippen molar-refractivity contribution >= 4 is 5.69 Å². The van der Waals surface area contributed by atoms with Gasteiger partial charge >= 0.3 is 11.6 Å². The summed E-state index contributed by atoms with van der Waals surface area (Å²) < 4.78 is 6.27. The highest BCUT2D eigenvalue weighted by atomic mass is 16.6. The first-order chi connectivity index (χ1) is 6.61. The van der Waals surface area contributed by atoms with Gasteiger partial charge in [-0.3, -0.25) is 14.8 Å². The fraction of sp³-hybridized carbons (Fsp3) is 0.571. The molecule has 0 aromatic carbocycles. The quantitative estimate of drug-likeness (QED) is 0.547. The molecule has 14 heavy (non-hydrogen) atoms. The van der Waals surface area contributed by atoms with Crippen molar-refractivity contribution in [1.29, 1.82) is 0 Å². The van der Waals surface area contributed by atoms with Crippen molar-refractivity contribution in [2.75, 3.05) is 13.7 Å². The molecule has 1 aromatic heterocycles. The number of ether oxygens (including phenoxy) is 1. The Kier molecular flexibility index (Phi) is 3.03. The van der Waals surface area contributed by atoms with E-state index in [-0.39, 0.29) is 11.6 Å². The predicted molar refractivity (Wildman–Crippen MR) is 49.2 cm³/mol. The summed E-state index contributed by atoms with van der Waals surface area (Å²) in [5.41, 5.74) is 5.69. The third-order valence-electron chi connectivity index (χ3n) is 1.86. The number of nitrogens with zero attached hydrogens (tertiary/aromatic N) is 3. The highest BCUT2D eigenvalue weighted by Gasteiger charge is 2.25. The molecule has 0 bridgehead atoms. The van der Waals surface area contributed by atoms with Gasteiger partial charge in [0, 0.05) is 6.54 Å². The molecule has 0 spiro atoms. The smallest absolute Gasteiger partial charge is 0.352 e. The first-order valence-electron chi connectivity index (χ1n) is 4.07. The Morgan fingerprint density at radius 1 is 1.71 bits per heavy atom. The van der Waals surface area contributed by atoms with Crippen LogP contribution in [0.25, 0.3) is 0 Å². The number of hydrogen-bond donors (Lipinski definition) is 1. The average Bonchev–Trinajstić information content (AvgIpc) is 2.44. The standard InChI is InChI=1S/C7H12N4O3/c1-5-6(11(12)13)7(14-2)9-10(5)4-3-8/h3-4,8H2,1-2H3. The molecule has 2 N–H and O–H groups in total. The molecule has 0 aliphatic carbocycles. The summed E-state index contributed by atoms with van der Waals surface area (Å²) in [4.78, 5) is 10.2. The summed E-state index contributed by atoms with van der Waals surface area (Å²) in [6, 6.07) is 0. The molecule has 0 radical (unpaired) electrons. The lowest BCUT2D eigenvalue weighted by Gasteiger charge is -1.98. The highest BCUT2D eigenvalue weighted by Crippen LogP contribution is 2.28. The third-order valence-corrected chi connectivity index (χ3v) is 1.86. The molecule has 0 fully saturated rings. The minimum absolute atomic E-state index is 0.0287. The van der Waals surface area contributed by atoms with Gasteiger partial charge < -0.3 is 10.5 Å². The lowest BCUT2D eigenvalue weighted by Crippen LogP contribution is -2.12. The number of rotatable bonds is 4. The van der Waals surface area contributed by atoms with Crippen molar-refractivity contribution in [1.82, 2.24) is 9.78 Å². The van der Waals surface area contributed by atoms with Gasteiger partial charge in [0.2, 0.25) is 0 Å². The zero-order valence-electron chi connectivity index (χ0n) is 8.06. The van der Waals surface area contributed by atoms with Crippen LogP contribution in [0.5, 0.6) is 5.88 Å². The van der Waals surface area contributed by atoms with Gasteiger partial charge in [-0.15, -0.1) is 5.10 Å². The van der Waals surface area contributed by atoms with E-state index in [0.717, 1.165) is 0 Å². The minimum atomic E-state index is -0.506. The summed E-state index contributed by atoms with van der Waals surface area (Å²) in [6.07, 6.45) is 0. The molecular weight excluding hydrogens is 188 g/mol. The van der Waals surface area contributed by atoms with E-state index in [1.54, 1.807) is 6.92 Å². The van der Waals surface area contributed by atoms with Gasteiger partial charge in [-0.05, 0) is 6.92 Å². The van der Waals surface area contributed by atoms with Crippen LogP contribution in [-0.2, 0) is 6.54 Å². The maximum Gasteiger partial charge on any atom is 0.352 e. The molecular formula is C7H12N4O3. The zero-order valence-corrected chi connectivity index (χ0v) is 8.06. The molecule has 7 heteroatoms. The topological polar surface area (TPSA) is 96.2 Å². The summed E-state index contributed by atoms with van der Waals surface area (Å²) in [6.45, 7) is 2.43. The molecule has 0 saturated heterocycles. The summed E-state index contributed by atoms with van der Waals surface area (Å²) >= 11 is 0. The molecule has 0 amide bonds. The van der Waals surface area contributed by atoms with Crippen molar-refractivity contribution < 1.29 is 9.66 Å². The highest BCUT2D eigenvalue weighted by molar-refractivity contribution is 5.45. The first kappa shape index (κ1) is 10.5. The SMILES string of the molecule is COc1nn(CCN)c(C)c1[N+](=O)[O-]. The van der Waals surface area contributed by atoms with E-state index in [1.807, 2.05) is 0 Å². The number of nitrogens with two attached hydrogens (primary N) is 1. The van der Waals surface area contributed by atoms with Gasteiger partial charge in [0.05, 0.1) is 18.6 Å². The molecule has 0 atom stereocenters. The summed E-state index contributed by atoms with van der Waals surface area (Å²) in [7, 11) is 1.35. The lowest BCUT2D eigenvalue weighted by atomic mass is 10.4. The first-order valence-corrected chi connectivity index (χ1v) is 4.07. The summed E-state index contributed by atoms with van der Waals surface area (Å²) in [5.74, 6) is 0.0287. The van der Waals surface area contributed by atoms with Crippen LogP contribution in [-0.4, -0.2) is 28.4 Å². The zero-order chi connectivity index (χ0) is 10.7. The van der Waals surface area contributed by atoms with Crippen molar-refractivity contribution in [3.63, 3.8) is 0 Å². The van der Waals surface area contributed by atoms with Crippen LogP contribution in [0.4, 0.5) is 5.69 Å². The van der Waals surface area contributed by atoms with E-state index >= 15 is 0 Å². The van der Waals surface area contributed by atoms with Crippen LogP contribution in [0.2, 0.25) is 0 Å². The largest absolute Gasteiger partial charge is 0.475 e. The maximum absolute atomic E-state index is 10.7. The van der Waals surface area contributed by atoms with Crippen LogP contribution in [0.15, 0.2) is 0 Å².